The van der Waals surface area contributed by atoms with Gasteiger partial charge in [0.2, 0.25) is 0 Å². The van der Waals surface area contributed by atoms with E-state index in [0.29, 0.717) is 19.6 Å². The summed E-state index contributed by atoms with van der Waals surface area (Å²) in [4.78, 5) is 0. The van der Waals surface area contributed by atoms with Gasteiger partial charge >= 0.3 is 0 Å². The van der Waals surface area contributed by atoms with Crippen LogP contribution in [0.5, 0.6) is 0 Å². The lowest BCUT2D eigenvalue weighted by molar-refractivity contribution is 0.139. The zero-order chi connectivity index (χ0) is 14.0. The van der Waals surface area contributed by atoms with Crippen molar-refractivity contribution in [2.24, 2.45) is 0 Å². The van der Waals surface area contributed by atoms with Gasteiger partial charge in [-0.05, 0) is 24.8 Å². The van der Waals surface area contributed by atoms with Gasteiger partial charge in [-0.15, -0.1) is 0 Å². The first kappa shape index (κ1) is 14.6. The van der Waals surface area contributed by atoms with Crippen LogP contribution in [0.15, 0.2) is 60.0 Å². The van der Waals surface area contributed by atoms with Crippen LogP contribution in [0.25, 0.3) is 0 Å². The number of aliphatic hydroxyl groups excluding tert-OH is 1. The molecule has 1 heterocycles. The van der Waals surface area contributed by atoms with Crippen LogP contribution in [-0.4, -0.2) is 24.9 Å². The average molecular weight is 276 g/mol. The lowest BCUT2D eigenvalue weighted by Gasteiger charge is -2.17. The summed E-state index contributed by atoms with van der Waals surface area (Å²) in [6.07, 6.45) is 15.5. The second-order valence-corrected chi connectivity index (χ2v) is 4.44. The van der Waals surface area contributed by atoms with Crippen LogP contribution in [0.4, 0.5) is 0 Å². The van der Waals surface area contributed by atoms with Gasteiger partial charge in [0, 0.05) is 18.8 Å². The second-order valence-electron chi connectivity index (χ2n) is 4.44. The minimum Gasteiger partial charge on any atom is -0.466 e. The lowest BCUT2D eigenvalue weighted by Crippen LogP contribution is -2.02. The highest BCUT2D eigenvalue weighted by atomic mass is 16.5. The van der Waals surface area contributed by atoms with Crippen molar-refractivity contribution in [1.29, 1.82) is 0 Å². The topological polar surface area (TPSA) is 47.9 Å². The van der Waals surface area contributed by atoms with E-state index in [4.69, 9.17) is 19.3 Å². The highest BCUT2D eigenvalue weighted by Gasteiger charge is 2.14. The summed E-state index contributed by atoms with van der Waals surface area (Å²) >= 11 is 0. The minimum atomic E-state index is 0.167. The Kier molecular flexibility index (Phi) is 6.14. The number of ether oxygens (including phenoxy) is 3. The normalized spacial score (nSPS) is 18.1. The highest BCUT2D eigenvalue weighted by molar-refractivity contribution is 5.45. The Morgan fingerprint density at radius 3 is 3.10 bits per heavy atom. The summed E-state index contributed by atoms with van der Waals surface area (Å²) in [6, 6.07) is 0. The molecule has 0 unspecified atom stereocenters. The van der Waals surface area contributed by atoms with Crippen LogP contribution < -0.4 is 0 Å². The molecule has 0 amide bonds. The molecular formula is C16H20O4. The predicted octanol–water partition coefficient (Wildman–Crippen LogP) is 2.95. The number of rotatable bonds is 7. The average Bonchev–Trinajstić information content (AvgIpc) is 2.52. The summed E-state index contributed by atoms with van der Waals surface area (Å²) in [5.41, 5.74) is 2.26. The maximum absolute atomic E-state index is 8.65. The Hall–Kier alpha value is -1.78. The van der Waals surface area contributed by atoms with E-state index in [1.165, 1.54) is 6.26 Å². The smallest absolute Gasteiger partial charge is 0.165 e. The van der Waals surface area contributed by atoms with Crippen LogP contribution in [0, 0.1) is 0 Å². The molecule has 0 bridgehead atoms. The van der Waals surface area contributed by atoms with E-state index in [1.54, 1.807) is 12.5 Å². The number of aliphatic hydroxyl groups is 1. The zero-order valence-corrected chi connectivity index (χ0v) is 11.5. The van der Waals surface area contributed by atoms with E-state index >= 15 is 0 Å². The van der Waals surface area contributed by atoms with Gasteiger partial charge in [-0.25, -0.2) is 0 Å². The molecule has 0 fully saturated rings. The number of allylic oxidation sites excluding steroid dienone is 5. The van der Waals surface area contributed by atoms with E-state index in [1.807, 2.05) is 12.2 Å². The lowest BCUT2D eigenvalue weighted by atomic mass is 9.96. The summed E-state index contributed by atoms with van der Waals surface area (Å²) in [5, 5.41) is 8.65. The SMILES string of the molecule is OCCCOCC=CC1=C(C2=COC=CO2)CCC=C1. The fourth-order valence-electron chi connectivity index (χ4n) is 2.00. The first-order valence-electron chi connectivity index (χ1n) is 6.84. The zero-order valence-electron chi connectivity index (χ0n) is 11.5. The van der Waals surface area contributed by atoms with Crippen LogP contribution in [0.3, 0.4) is 0 Å². The molecule has 4 nitrogen and oxygen atoms in total. The molecule has 1 aliphatic carbocycles. The second kappa shape index (κ2) is 8.40. The van der Waals surface area contributed by atoms with E-state index in [9.17, 15) is 0 Å². The molecule has 0 aromatic carbocycles. The van der Waals surface area contributed by atoms with Crippen LogP contribution in [0.1, 0.15) is 19.3 Å². The molecule has 0 aromatic rings. The van der Waals surface area contributed by atoms with Gasteiger partial charge in [0.15, 0.2) is 5.76 Å². The Morgan fingerprint density at radius 2 is 2.30 bits per heavy atom. The van der Waals surface area contributed by atoms with Crippen molar-refractivity contribution in [2.75, 3.05) is 19.8 Å². The molecule has 2 rings (SSSR count). The molecule has 0 radical (unpaired) electrons. The minimum absolute atomic E-state index is 0.167. The van der Waals surface area contributed by atoms with E-state index in [0.717, 1.165) is 29.7 Å². The molecule has 2 aliphatic rings. The van der Waals surface area contributed by atoms with Crippen LogP contribution in [-0.2, 0) is 14.2 Å². The Balaban J connectivity index is 1.95. The first-order chi connectivity index (χ1) is 9.92. The number of hydrogen-bond donors (Lipinski definition) is 1. The Bertz CT molecular complexity index is 455. The van der Waals surface area contributed by atoms with Crippen LogP contribution in [0.2, 0.25) is 0 Å². The van der Waals surface area contributed by atoms with Crippen molar-refractivity contribution >= 4 is 0 Å². The molecule has 20 heavy (non-hydrogen) atoms. The molecule has 1 aliphatic heterocycles. The third-order valence-corrected chi connectivity index (χ3v) is 2.97. The summed E-state index contributed by atoms with van der Waals surface area (Å²) in [7, 11) is 0. The third-order valence-electron chi connectivity index (χ3n) is 2.97. The Morgan fingerprint density at radius 1 is 1.35 bits per heavy atom. The number of hydrogen-bond acceptors (Lipinski definition) is 4. The molecular weight excluding hydrogens is 256 g/mol. The maximum Gasteiger partial charge on any atom is 0.165 e. The first-order valence-corrected chi connectivity index (χ1v) is 6.84. The highest BCUT2D eigenvalue weighted by Crippen LogP contribution is 2.28. The van der Waals surface area contributed by atoms with Gasteiger partial charge < -0.3 is 19.3 Å². The van der Waals surface area contributed by atoms with E-state index < -0.39 is 0 Å². The summed E-state index contributed by atoms with van der Waals surface area (Å²) in [6.45, 7) is 1.29. The van der Waals surface area contributed by atoms with Crippen molar-refractivity contribution in [3.63, 3.8) is 0 Å². The van der Waals surface area contributed by atoms with Crippen LogP contribution >= 0.6 is 0 Å². The van der Waals surface area contributed by atoms with Crippen molar-refractivity contribution in [1.82, 2.24) is 0 Å². The van der Waals surface area contributed by atoms with Gasteiger partial charge in [0.05, 0.1) is 6.61 Å². The van der Waals surface area contributed by atoms with Gasteiger partial charge in [0.25, 0.3) is 0 Å². The molecule has 0 saturated heterocycles. The quantitative estimate of drug-likeness (QED) is 0.726. The van der Waals surface area contributed by atoms with Gasteiger partial charge in [-0.2, -0.15) is 0 Å². The van der Waals surface area contributed by atoms with Crippen molar-refractivity contribution < 1.29 is 19.3 Å². The molecule has 0 spiro atoms. The molecule has 1 N–H and O–H groups in total. The van der Waals surface area contributed by atoms with E-state index in [2.05, 4.69) is 12.2 Å². The summed E-state index contributed by atoms with van der Waals surface area (Å²) in [5.74, 6) is 0.762. The predicted molar refractivity (Wildman–Crippen MR) is 76.5 cm³/mol. The molecule has 108 valence electrons. The van der Waals surface area contributed by atoms with E-state index in [-0.39, 0.29) is 6.61 Å². The largest absolute Gasteiger partial charge is 0.466 e. The van der Waals surface area contributed by atoms with Crippen molar-refractivity contribution in [3.05, 3.63) is 60.0 Å². The monoisotopic (exact) mass is 276 g/mol. The van der Waals surface area contributed by atoms with Gasteiger partial charge in [-0.1, -0.05) is 24.3 Å². The maximum atomic E-state index is 8.65. The molecule has 0 atom stereocenters. The molecule has 0 saturated carbocycles. The van der Waals surface area contributed by atoms with Gasteiger partial charge in [0.1, 0.15) is 18.8 Å². The van der Waals surface area contributed by atoms with Crippen molar-refractivity contribution in [3.8, 4) is 0 Å². The van der Waals surface area contributed by atoms with Crippen molar-refractivity contribution in [2.45, 2.75) is 19.3 Å². The fraction of sp³-hybridized carbons (Fsp3) is 0.375. The fourth-order valence-corrected chi connectivity index (χ4v) is 2.00. The Labute approximate surface area is 119 Å². The standard InChI is InChI=1S/C16H20O4/c17-8-4-10-18-9-3-6-14-5-1-2-7-15(14)16-13-19-11-12-20-16/h1,3,5-6,11-13,17H,2,4,7-10H2. The van der Waals surface area contributed by atoms with Gasteiger partial charge in [-0.3, -0.25) is 0 Å². The summed E-state index contributed by atoms with van der Waals surface area (Å²) < 4.78 is 16.0. The molecule has 4 heteroatoms. The molecule has 0 aromatic heterocycles. The third kappa shape index (κ3) is 4.40.